The lowest BCUT2D eigenvalue weighted by atomic mass is 10.1. The van der Waals surface area contributed by atoms with Gasteiger partial charge in [-0.05, 0) is 6.42 Å². The highest BCUT2D eigenvalue weighted by molar-refractivity contribution is 4.59. The fourth-order valence-electron chi connectivity index (χ4n) is 2.30. The molecule has 1 rings (SSSR count). The molecule has 0 aromatic rings. The van der Waals surface area contributed by atoms with Crippen LogP contribution in [-0.2, 0) is 18.9 Å². The van der Waals surface area contributed by atoms with Crippen molar-refractivity contribution in [2.45, 2.75) is 58.0 Å². The van der Waals surface area contributed by atoms with Crippen LogP contribution in [0.4, 0.5) is 0 Å². The monoisotopic (exact) mass is 288 g/mol. The summed E-state index contributed by atoms with van der Waals surface area (Å²) in [5, 5.41) is 0. The first-order valence-electron chi connectivity index (χ1n) is 8.28. The Hall–Kier alpha value is -0.160. The summed E-state index contributed by atoms with van der Waals surface area (Å²) < 4.78 is 22.3. The molecule has 1 saturated heterocycles. The van der Waals surface area contributed by atoms with Crippen LogP contribution >= 0.6 is 0 Å². The van der Waals surface area contributed by atoms with Gasteiger partial charge in [0.1, 0.15) is 0 Å². The molecule has 1 heterocycles. The quantitative estimate of drug-likeness (QED) is 0.674. The fraction of sp³-hybridized carbons (Fsp3) is 1.00. The first-order valence-corrected chi connectivity index (χ1v) is 8.28. The molecule has 0 aromatic carbocycles. The third kappa shape index (κ3) is 10.6. The third-order valence-electron chi connectivity index (χ3n) is 3.51. The van der Waals surface area contributed by atoms with Gasteiger partial charge in [0.25, 0.3) is 0 Å². The maximum absolute atomic E-state index is 5.85. The summed E-state index contributed by atoms with van der Waals surface area (Å²) in [4.78, 5) is 0. The van der Waals surface area contributed by atoms with Crippen molar-refractivity contribution in [1.29, 1.82) is 0 Å². The van der Waals surface area contributed by atoms with Crippen LogP contribution < -0.4 is 0 Å². The standard InChI is InChI=1S/C16H32O4/c1-2-3-4-5-6-7-8-16-15-19-12-11-17-9-10-18-13-14-20-16/h16H,2-15H2,1H3. The van der Waals surface area contributed by atoms with Crippen molar-refractivity contribution in [3.05, 3.63) is 0 Å². The normalized spacial score (nSPS) is 22.9. The van der Waals surface area contributed by atoms with Gasteiger partial charge in [-0.1, -0.05) is 45.4 Å². The van der Waals surface area contributed by atoms with Gasteiger partial charge in [-0.3, -0.25) is 0 Å². The molecule has 0 saturated carbocycles. The molecule has 1 fully saturated rings. The van der Waals surface area contributed by atoms with Gasteiger partial charge in [-0.15, -0.1) is 0 Å². The van der Waals surface area contributed by atoms with Crippen LogP contribution in [0, 0.1) is 0 Å². The van der Waals surface area contributed by atoms with E-state index in [1.807, 2.05) is 0 Å². The summed E-state index contributed by atoms with van der Waals surface area (Å²) in [5.74, 6) is 0. The maximum Gasteiger partial charge on any atom is 0.0809 e. The van der Waals surface area contributed by atoms with Gasteiger partial charge in [0.2, 0.25) is 0 Å². The molecule has 0 aliphatic carbocycles. The van der Waals surface area contributed by atoms with Crippen LogP contribution in [0.3, 0.4) is 0 Å². The zero-order valence-electron chi connectivity index (χ0n) is 13.1. The van der Waals surface area contributed by atoms with Crippen LogP contribution in [0.5, 0.6) is 0 Å². The fourth-order valence-corrected chi connectivity index (χ4v) is 2.30. The lowest BCUT2D eigenvalue weighted by Gasteiger charge is -2.19. The van der Waals surface area contributed by atoms with E-state index in [1.54, 1.807) is 0 Å². The van der Waals surface area contributed by atoms with Crippen molar-refractivity contribution >= 4 is 0 Å². The van der Waals surface area contributed by atoms with E-state index in [0.717, 1.165) is 6.42 Å². The zero-order chi connectivity index (χ0) is 14.3. The average Bonchev–Trinajstić information content (AvgIpc) is 2.45. The molecule has 0 N–H and O–H groups in total. The Morgan fingerprint density at radius 1 is 0.700 bits per heavy atom. The molecule has 1 atom stereocenters. The number of rotatable bonds is 7. The SMILES string of the molecule is CCCCCCCCC1COCCOCCOCCO1. The first-order chi connectivity index (χ1) is 9.93. The van der Waals surface area contributed by atoms with E-state index < -0.39 is 0 Å². The van der Waals surface area contributed by atoms with Crippen molar-refractivity contribution in [3.63, 3.8) is 0 Å². The second-order valence-electron chi connectivity index (χ2n) is 5.35. The third-order valence-corrected chi connectivity index (χ3v) is 3.51. The van der Waals surface area contributed by atoms with Gasteiger partial charge >= 0.3 is 0 Å². The Morgan fingerprint density at radius 2 is 1.30 bits per heavy atom. The van der Waals surface area contributed by atoms with Gasteiger partial charge in [0.05, 0.1) is 52.4 Å². The Kier molecular flexibility index (Phi) is 12.3. The van der Waals surface area contributed by atoms with Crippen LogP contribution in [-0.4, -0.2) is 52.4 Å². The Morgan fingerprint density at radius 3 is 2.05 bits per heavy atom. The molecule has 120 valence electrons. The van der Waals surface area contributed by atoms with Crippen LogP contribution in [0.1, 0.15) is 51.9 Å². The minimum Gasteiger partial charge on any atom is -0.377 e. The van der Waals surface area contributed by atoms with Crippen molar-refractivity contribution in [2.24, 2.45) is 0 Å². The van der Waals surface area contributed by atoms with Gasteiger partial charge in [0, 0.05) is 0 Å². The van der Waals surface area contributed by atoms with Gasteiger partial charge in [-0.2, -0.15) is 0 Å². The number of hydrogen-bond acceptors (Lipinski definition) is 4. The van der Waals surface area contributed by atoms with Gasteiger partial charge in [-0.25, -0.2) is 0 Å². The molecule has 20 heavy (non-hydrogen) atoms. The highest BCUT2D eigenvalue weighted by Gasteiger charge is 2.10. The van der Waals surface area contributed by atoms with Crippen LogP contribution in [0.15, 0.2) is 0 Å². The molecule has 0 amide bonds. The van der Waals surface area contributed by atoms with Gasteiger partial charge < -0.3 is 18.9 Å². The lowest BCUT2D eigenvalue weighted by Crippen LogP contribution is -2.24. The van der Waals surface area contributed by atoms with Gasteiger partial charge in [0.15, 0.2) is 0 Å². The number of ether oxygens (including phenoxy) is 4. The summed E-state index contributed by atoms with van der Waals surface area (Å²) in [5.41, 5.74) is 0. The second-order valence-corrected chi connectivity index (χ2v) is 5.35. The number of unbranched alkanes of at least 4 members (excludes halogenated alkanes) is 5. The molecule has 4 heteroatoms. The van der Waals surface area contributed by atoms with Crippen molar-refractivity contribution in [1.82, 2.24) is 0 Å². The predicted octanol–water partition coefficient (Wildman–Crippen LogP) is 3.19. The summed E-state index contributed by atoms with van der Waals surface area (Å²) in [6.07, 6.45) is 9.22. The van der Waals surface area contributed by atoms with Crippen molar-refractivity contribution in [3.8, 4) is 0 Å². The highest BCUT2D eigenvalue weighted by atomic mass is 16.6. The Labute approximate surface area is 124 Å². The summed E-state index contributed by atoms with van der Waals surface area (Å²) in [6, 6.07) is 0. The average molecular weight is 288 g/mol. The molecule has 4 nitrogen and oxygen atoms in total. The number of hydrogen-bond donors (Lipinski definition) is 0. The molecular formula is C16H32O4. The Balaban J connectivity index is 2.08. The molecule has 0 bridgehead atoms. The van der Waals surface area contributed by atoms with E-state index in [9.17, 15) is 0 Å². The highest BCUT2D eigenvalue weighted by Crippen LogP contribution is 2.11. The molecular weight excluding hydrogens is 256 g/mol. The summed E-state index contributed by atoms with van der Waals surface area (Å²) in [7, 11) is 0. The van der Waals surface area contributed by atoms with Crippen LogP contribution in [0.2, 0.25) is 0 Å². The van der Waals surface area contributed by atoms with Crippen molar-refractivity contribution in [2.75, 3.05) is 46.2 Å². The predicted molar refractivity (Wildman–Crippen MR) is 80.2 cm³/mol. The Bertz CT molecular complexity index is 187. The summed E-state index contributed by atoms with van der Waals surface area (Å²) >= 11 is 0. The topological polar surface area (TPSA) is 36.9 Å². The molecule has 0 spiro atoms. The molecule has 0 aromatic heterocycles. The first kappa shape index (κ1) is 17.9. The largest absolute Gasteiger partial charge is 0.377 e. The van der Waals surface area contributed by atoms with E-state index in [0.29, 0.717) is 46.2 Å². The van der Waals surface area contributed by atoms with Crippen LogP contribution in [0.25, 0.3) is 0 Å². The minimum atomic E-state index is 0.212. The maximum atomic E-state index is 5.85. The molecule has 1 aliphatic rings. The van der Waals surface area contributed by atoms with Crippen molar-refractivity contribution < 1.29 is 18.9 Å². The smallest absolute Gasteiger partial charge is 0.0809 e. The molecule has 1 unspecified atom stereocenters. The van der Waals surface area contributed by atoms with E-state index in [4.69, 9.17) is 18.9 Å². The molecule has 0 radical (unpaired) electrons. The van der Waals surface area contributed by atoms with E-state index in [2.05, 4.69) is 6.92 Å². The minimum absolute atomic E-state index is 0.212. The van der Waals surface area contributed by atoms with E-state index >= 15 is 0 Å². The van der Waals surface area contributed by atoms with E-state index in [1.165, 1.54) is 38.5 Å². The molecule has 1 aliphatic heterocycles. The summed E-state index contributed by atoms with van der Waals surface area (Å²) in [6.45, 7) is 6.82. The van der Waals surface area contributed by atoms with E-state index in [-0.39, 0.29) is 6.10 Å². The lowest BCUT2D eigenvalue weighted by molar-refractivity contribution is -0.0690. The second kappa shape index (κ2) is 13.8. The zero-order valence-corrected chi connectivity index (χ0v) is 13.1.